The van der Waals surface area contributed by atoms with Gasteiger partial charge < -0.3 is 14.8 Å². The fourth-order valence-electron chi connectivity index (χ4n) is 4.31. The second kappa shape index (κ2) is 11.5. The molecule has 0 saturated heterocycles. The number of sulfonamides is 1. The zero-order valence-electron chi connectivity index (χ0n) is 22.7. The normalized spacial score (nSPS) is 13.0. The molecular formula is C30H34N2O6S. The van der Waals surface area contributed by atoms with E-state index in [4.69, 9.17) is 9.47 Å². The third-order valence-electron chi connectivity index (χ3n) is 6.40. The van der Waals surface area contributed by atoms with Gasteiger partial charge in [-0.1, -0.05) is 57.2 Å². The van der Waals surface area contributed by atoms with Crippen LogP contribution < -0.4 is 19.1 Å². The molecule has 0 spiro atoms. The molecule has 3 aromatic carbocycles. The van der Waals surface area contributed by atoms with Gasteiger partial charge in [0.2, 0.25) is 15.9 Å². The SMILES string of the molecule is CC(C)(C)c1ccc(C(=O)c2cccc(NC(=O)CCCN(c3ccc4c(c3)OCCO4)S(C)(=O)=O)c2)cc1. The highest BCUT2D eigenvalue weighted by Gasteiger charge is 2.21. The van der Waals surface area contributed by atoms with Crippen molar-refractivity contribution in [3.05, 3.63) is 83.4 Å². The molecule has 0 saturated carbocycles. The lowest BCUT2D eigenvalue weighted by atomic mass is 9.86. The number of nitrogens with zero attached hydrogens (tertiary/aromatic N) is 1. The van der Waals surface area contributed by atoms with Crippen molar-refractivity contribution in [2.45, 2.75) is 39.0 Å². The van der Waals surface area contributed by atoms with Gasteiger partial charge in [0.05, 0.1) is 11.9 Å². The van der Waals surface area contributed by atoms with Gasteiger partial charge in [0.1, 0.15) is 13.2 Å². The summed E-state index contributed by atoms with van der Waals surface area (Å²) < 4.78 is 37.3. The minimum Gasteiger partial charge on any atom is -0.486 e. The largest absolute Gasteiger partial charge is 0.486 e. The number of carbonyl (C=O) groups is 2. The van der Waals surface area contributed by atoms with Crippen LogP contribution in [0.1, 0.15) is 55.1 Å². The molecule has 0 unspecified atom stereocenters. The Morgan fingerprint density at radius 2 is 1.59 bits per heavy atom. The summed E-state index contributed by atoms with van der Waals surface area (Å²) in [4.78, 5) is 25.7. The second-order valence-corrected chi connectivity index (χ2v) is 12.5. The number of amides is 1. The van der Waals surface area contributed by atoms with Gasteiger partial charge in [0.15, 0.2) is 17.3 Å². The third-order valence-corrected chi connectivity index (χ3v) is 7.59. The van der Waals surface area contributed by atoms with Crippen molar-refractivity contribution in [1.29, 1.82) is 0 Å². The molecule has 3 aromatic rings. The molecule has 0 fully saturated rings. The molecule has 39 heavy (non-hydrogen) atoms. The third kappa shape index (κ3) is 7.17. The number of hydrogen-bond acceptors (Lipinski definition) is 6. The van der Waals surface area contributed by atoms with Gasteiger partial charge in [-0.25, -0.2) is 8.42 Å². The Balaban J connectivity index is 1.37. The van der Waals surface area contributed by atoms with E-state index in [1.807, 2.05) is 24.3 Å². The molecule has 4 rings (SSSR count). The number of nitrogens with one attached hydrogen (secondary N) is 1. The van der Waals surface area contributed by atoms with Crippen LogP contribution >= 0.6 is 0 Å². The Morgan fingerprint density at radius 1 is 0.897 bits per heavy atom. The first-order valence-electron chi connectivity index (χ1n) is 12.8. The summed E-state index contributed by atoms with van der Waals surface area (Å²) in [5.74, 6) is 0.657. The van der Waals surface area contributed by atoms with Crippen LogP contribution in [0.15, 0.2) is 66.7 Å². The number of benzene rings is 3. The highest BCUT2D eigenvalue weighted by Crippen LogP contribution is 2.34. The number of carbonyl (C=O) groups excluding carboxylic acids is 2. The van der Waals surface area contributed by atoms with Gasteiger partial charge >= 0.3 is 0 Å². The molecule has 1 aliphatic heterocycles. The lowest BCUT2D eigenvalue weighted by Gasteiger charge is -2.25. The number of anilines is 2. The van der Waals surface area contributed by atoms with E-state index in [1.165, 1.54) is 4.31 Å². The van der Waals surface area contributed by atoms with Crippen LogP contribution in [0.25, 0.3) is 0 Å². The fourth-order valence-corrected chi connectivity index (χ4v) is 5.26. The Labute approximate surface area is 230 Å². The van der Waals surface area contributed by atoms with Crippen LogP contribution in [0.4, 0.5) is 11.4 Å². The van der Waals surface area contributed by atoms with Crippen molar-refractivity contribution in [3.63, 3.8) is 0 Å². The lowest BCUT2D eigenvalue weighted by Crippen LogP contribution is -2.31. The minimum atomic E-state index is -3.59. The Bertz CT molecular complexity index is 1460. The van der Waals surface area contributed by atoms with E-state index < -0.39 is 10.0 Å². The van der Waals surface area contributed by atoms with Gasteiger partial charge in [0, 0.05) is 35.8 Å². The number of rotatable bonds is 9. The topological polar surface area (TPSA) is 102 Å². The first-order chi connectivity index (χ1) is 18.4. The maximum atomic E-state index is 13.0. The van der Waals surface area contributed by atoms with Gasteiger partial charge in [-0.05, 0) is 41.7 Å². The molecular weight excluding hydrogens is 516 g/mol. The van der Waals surface area contributed by atoms with Crippen LogP contribution in [-0.4, -0.2) is 46.1 Å². The maximum Gasteiger partial charge on any atom is 0.232 e. The number of fused-ring (bicyclic) bond motifs is 1. The zero-order valence-corrected chi connectivity index (χ0v) is 23.5. The standard InChI is InChI=1S/C30H34N2O6S/c1-30(2,3)23-12-10-21(11-13-23)29(34)22-7-5-8-24(19-22)31-28(33)9-6-16-32(39(4,35)36)25-14-15-26-27(20-25)38-18-17-37-26/h5,7-8,10-15,19-20H,6,9,16-18H2,1-4H3,(H,31,33). The predicted molar refractivity (Wildman–Crippen MR) is 153 cm³/mol. The molecule has 1 amide bonds. The van der Waals surface area contributed by atoms with Crippen molar-refractivity contribution < 1.29 is 27.5 Å². The van der Waals surface area contributed by atoms with Crippen LogP contribution in [0.5, 0.6) is 11.5 Å². The molecule has 9 heteroatoms. The predicted octanol–water partition coefficient (Wildman–Crippen LogP) is 5.17. The minimum absolute atomic E-state index is 0.00592. The van der Waals surface area contributed by atoms with Gasteiger partial charge in [0.25, 0.3) is 0 Å². The van der Waals surface area contributed by atoms with E-state index in [0.717, 1.165) is 11.8 Å². The summed E-state index contributed by atoms with van der Waals surface area (Å²) in [5, 5.41) is 2.82. The summed E-state index contributed by atoms with van der Waals surface area (Å²) in [6.07, 6.45) is 1.53. The number of hydrogen-bond donors (Lipinski definition) is 1. The van der Waals surface area contributed by atoms with Gasteiger partial charge in [-0.15, -0.1) is 0 Å². The molecule has 8 nitrogen and oxygen atoms in total. The van der Waals surface area contributed by atoms with Crippen molar-refractivity contribution in [2.75, 3.05) is 35.6 Å². The molecule has 1 N–H and O–H groups in total. The molecule has 0 radical (unpaired) electrons. The van der Waals surface area contributed by atoms with Gasteiger partial charge in [-0.2, -0.15) is 0 Å². The average Bonchev–Trinajstić information content (AvgIpc) is 2.89. The lowest BCUT2D eigenvalue weighted by molar-refractivity contribution is -0.116. The Kier molecular flexibility index (Phi) is 8.30. The molecule has 0 atom stereocenters. The van der Waals surface area contributed by atoms with E-state index in [-0.39, 0.29) is 30.1 Å². The number of ketones is 1. The highest BCUT2D eigenvalue weighted by atomic mass is 32.2. The van der Waals surface area contributed by atoms with Crippen molar-refractivity contribution in [2.24, 2.45) is 0 Å². The molecule has 0 aromatic heterocycles. The van der Waals surface area contributed by atoms with E-state index >= 15 is 0 Å². The fraction of sp³-hybridized carbons (Fsp3) is 0.333. The molecule has 0 aliphatic carbocycles. The van der Waals surface area contributed by atoms with Crippen LogP contribution in [0, 0.1) is 0 Å². The van der Waals surface area contributed by atoms with Crippen LogP contribution in [0.3, 0.4) is 0 Å². The number of ether oxygens (including phenoxy) is 2. The summed E-state index contributed by atoms with van der Waals surface area (Å²) in [6, 6.07) is 19.3. The van der Waals surface area contributed by atoms with Crippen LogP contribution in [0.2, 0.25) is 0 Å². The summed E-state index contributed by atoms with van der Waals surface area (Å²) >= 11 is 0. The second-order valence-electron chi connectivity index (χ2n) is 10.6. The Morgan fingerprint density at radius 3 is 2.26 bits per heavy atom. The maximum absolute atomic E-state index is 13.0. The highest BCUT2D eigenvalue weighted by molar-refractivity contribution is 7.92. The van der Waals surface area contributed by atoms with E-state index in [9.17, 15) is 18.0 Å². The summed E-state index contributed by atoms with van der Waals surface area (Å²) in [5.41, 5.74) is 3.13. The first-order valence-corrected chi connectivity index (χ1v) is 14.7. The summed E-state index contributed by atoms with van der Waals surface area (Å²) in [6.45, 7) is 7.31. The van der Waals surface area contributed by atoms with E-state index in [1.54, 1.807) is 42.5 Å². The van der Waals surface area contributed by atoms with E-state index in [0.29, 0.717) is 53.6 Å². The van der Waals surface area contributed by atoms with Crippen molar-refractivity contribution >= 4 is 33.1 Å². The molecule has 0 bridgehead atoms. The first kappa shape index (κ1) is 28.2. The van der Waals surface area contributed by atoms with Crippen LogP contribution in [-0.2, 0) is 20.2 Å². The molecule has 1 aliphatic rings. The average molecular weight is 551 g/mol. The quantitative estimate of drug-likeness (QED) is 0.369. The van der Waals surface area contributed by atoms with Crippen molar-refractivity contribution in [3.8, 4) is 11.5 Å². The molecule has 1 heterocycles. The van der Waals surface area contributed by atoms with E-state index in [2.05, 4.69) is 26.1 Å². The smallest absolute Gasteiger partial charge is 0.232 e. The zero-order chi connectivity index (χ0) is 28.2. The Hall–Kier alpha value is -3.85. The van der Waals surface area contributed by atoms with Gasteiger partial charge in [-0.3, -0.25) is 13.9 Å². The summed E-state index contributed by atoms with van der Waals surface area (Å²) in [7, 11) is -3.59. The molecule has 206 valence electrons. The van der Waals surface area contributed by atoms with Crippen molar-refractivity contribution in [1.82, 2.24) is 0 Å². The monoisotopic (exact) mass is 550 g/mol.